The van der Waals surface area contributed by atoms with E-state index in [1.54, 1.807) is 6.20 Å². The van der Waals surface area contributed by atoms with Gasteiger partial charge in [0.15, 0.2) is 0 Å². The van der Waals surface area contributed by atoms with Crippen LogP contribution in [0, 0.1) is 15.4 Å². The van der Waals surface area contributed by atoms with Gasteiger partial charge in [0.25, 0.3) is 5.91 Å². The van der Waals surface area contributed by atoms with Crippen molar-refractivity contribution < 1.29 is 9.59 Å². The summed E-state index contributed by atoms with van der Waals surface area (Å²) >= 11 is 5.53. The van der Waals surface area contributed by atoms with Crippen LogP contribution in [0.15, 0.2) is 54.7 Å². The molecule has 2 aromatic carbocycles. The fraction of sp³-hybridized carbons (Fsp3) is 0.433. The van der Waals surface area contributed by atoms with Gasteiger partial charge in [-0.25, -0.2) is 0 Å². The minimum atomic E-state index is -0.951. The fourth-order valence-electron chi connectivity index (χ4n) is 6.16. The normalized spacial score (nSPS) is 23.5. The molecule has 0 bridgehead atoms. The van der Waals surface area contributed by atoms with Crippen molar-refractivity contribution in [2.24, 2.45) is 17.6 Å². The number of rotatable bonds is 6. The van der Waals surface area contributed by atoms with Gasteiger partial charge < -0.3 is 0 Å². The van der Waals surface area contributed by atoms with Gasteiger partial charge in [0.1, 0.15) is 0 Å². The van der Waals surface area contributed by atoms with Crippen molar-refractivity contribution in [3.8, 4) is 0 Å². The third-order valence-electron chi connectivity index (χ3n) is 8.42. The maximum atomic E-state index is 13.2. The number of fused-ring (bicyclic) bond motifs is 1. The molecule has 38 heavy (non-hydrogen) atoms. The van der Waals surface area contributed by atoms with Gasteiger partial charge in [-0.1, -0.05) is 6.07 Å². The number of carbonyl (C=O) groups excluding carboxylic acids is 2. The Morgan fingerprint density at radius 3 is 2.61 bits per heavy atom. The second-order valence-corrected chi connectivity index (χ2v) is 17.1. The average Bonchev–Trinajstić information content (AvgIpc) is 3.79. The summed E-state index contributed by atoms with van der Waals surface area (Å²) < 4.78 is 4.17. The number of hydrogen-bond acceptors (Lipinski definition) is 4. The number of halogens is 2. The number of primary amides is 1. The molecule has 6 nitrogen and oxygen atoms in total. The van der Waals surface area contributed by atoms with E-state index in [0.29, 0.717) is 11.6 Å². The van der Waals surface area contributed by atoms with Crippen molar-refractivity contribution in [1.29, 1.82) is 0 Å². The van der Waals surface area contributed by atoms with Crippen LogP contribution in [0.5, 0.6) is 0 Å². The summed E-state index contributed by atoms with van der Waals surface area (Å²) in [6.45, 7) is 3.16. The van der Waals surface area contributed by atoms with Crippen LogP contribution in [0.3, 0.4) is 0 Å². The van der Waals surface area contributed by atoms with Crippen molar-refractivity contribution in [2.45, 2.75) is 31.7 Å². The summed E-state index contributed by atoms with van der Waals surface area (Å²) in [7, 11) is 0. The first-order chi connectivity index (χ1) is 18.5. The van der Waals surface area contributed by atoms with E-state index in [9.17, 15) is 9.59 Å². The van der Waals surface area contributed by atoms with Gasteiger partial charge in [-0.3, -0.25) is 9.78 Å². The van der Waals surface area contributed by atoms with Crippen LogP contribution in [-0.2, 0) is 11.2 Å². The van der Waals surface area contributed by atoms with Crippen LogP contribution >= 0.6 is 31.4 Å². The number of aromatic nitrogens is 1. The van der Waals surface area contributed by atoms with Crippen LogP contribution < -0.4 is 5.73 Å². The Bertz CT molecular complexity index is 1360. The molecule has 4 heterocycles. The molecular weight excluding hydrogens is 611 g/mol. The van der Waals surface area contributed by atoms with E-state index in [1.807, 2.05) is 35.2 Å². The van der Waals surface area contributed by atoms with Gasteiger partial charge in [0, 0.05) is 17.1 Å². The molecule has 0 unspecified atom stereocenters. The van der Waals surface area contributed by atoms with Crippen molar-refractivity contribution in [1.82, 2.24) is 14.8 Å². The second-order valence-electron chi connectivity index (χ2n) is 10.8. The first kappa shape index (κ1) is 26.0. The number of piperidine rings is 2. The number of likely N-dealkylation sites (tertiary alicyclic amines) is 2. The monoisotopic (exact) mass is 644 g/mol. The molecule has 1 aromatic heterocycles. The van der Waals surface area contributed by atoms with Crippen LogP contribution in [0.25, 0.3) is 10.9 Å². The Morgan fingerprint density at radius 1 is 1.03 bits per heavy atom. The van der Waals surface area contributed by atoms with Gasteiger partial charge in [-0.05, 0) is 24.3 Å². The SMILES string of the molecule is NC(=O)[C@@H]1CN(C2CCN(C(=O)c3ccc4ncccc4c3)CC2)CC[C@@H]1Cc1ccc(Cl)c(I2CC2)c1. The molecule has 6 rings (SSSR count). The van der Waals surface area contributed by atoms with Gasteiger partial charge in [0.2, 0.25) is 0 Å². The van der Waals surface area contributed by atoms with E-state index in [4.69, 9.17) is 17.3 Å². The Hall–Kier alpha value is -2.23. The predicted octanol–water partition coefficient (Wildman–Crippen LogP) is 4.85. The molecule has 3 aromatic rings. The molecule has 0 saturated carbocycles. The fourth-order valence-corrected chi connectivity index (χ4v) is 11.4. The van der Waals surface area contributed by atoms with E-state index in [1.165, 1.54) is 18.0 Å². The molecule has 2 atom stereocenters. The summed E-state index contributed by atoms with van der Waals surface area (Å²) in [5, 5.41) is 1.92. The summed E-state index contributed by atoms with van der Waals surface area (Å²) in [6.07, 6.45) is 5.47. The molecule has 8 heteroatoms. The third kappa shape index (κ3) is 5.56. The first-order valence-corrected chi connectivity index (χ1v) is 18.0. The zero-order chi connectivity index (χ0) is 26.2. The number of nitrogens with zero attached hydrogens (tertiary/aromatic N) is 3. The number of alkyl halides is 2. The van der Waals surface area contributed by atoms with Crippen molar-refractivity contribution in [3.05, 3.63) is 74.4 Å². The van der Waals surface area contributed by atoms with Gasteiger partial charge in [0.05, 0.1) is 5.52 Å². The zero-order valence-electron chi connectivity index (χ0n) is 21.5. The molecule has 3 aliphatic rings. The average molecular weight is 645 g/mol. The Labute approximate surface area is 236 Å². The summed E-state index contributed by atoms with van der Waals surface area (Å²) in [4.78, 5) is 34.5. The van der Waals surface area contributed by atoms with Gasteiger partial charge in [-0.2, -0.15) is 0 Å². The Kier molecular flexibility index (Phi) is 7.60. The zero-order valence-corrected chi connectivity index (χ0v) is 24.4. The van der Waals surface area contributed by atoms with Gasteiger partial charge in [-0.15, -0.1) is 0 Å². The summed E-state index contributed by atoms with van der Waals surface area (Å²) in [5.74, 6) is 0.0169. The number of benzene rings is 2. The summed E-state index contributed by atoms with van der Waals surface area (Å²) in [5.41, 5.74) is 8.86. The van der Waals surface area contributed by atoms with E-state index in [-0.39, 0.29) is 23.7 Å². The maximum absolute atomic E-state index is 13.2. The molecule has 3 fully saturated rings. The van der Waals surface area contributed by atoms with Crippen LogP contribution in [0.1, 0.15) is 35.2 Å². The molecule has 3 saturated heterocycles. The Balaban J connectivity index is 1.06. The van der Waals surface area contributed by atoms with Gasteiger partial charge >= 0.3 is 169 Å². The molecular formula is C30H34ClIN4O2. The standard InChI is InChI=1S/C30H34ClIN4O2/c31-26-5-3-20(17-27(26)32-10-11-32)16-21-7-13-36(19-25(21)29(33)37)24-8-14-35(15-9-24)30(38)23-4-6-28-22(18-23)2-1-12-34-28/h1-6,12,17-18,21,24-25H,7-11,13-16,19H2,(H2,33,37)/t21-,25-/m1/s1. The molecule has 2 amide bonds. The number of amides is 2. The Morgan fingerprint density at radius 2 is 1.84 bits per heavy atom. The number of carbonyl (C=O) groups is 2. The second kappa shape index (κ2) is 11.1. The van der Waals surface area contributed by atoms with E-state index >= 15 is 0 Å². The first-order valence-electron chi connectivity index (χ1n) is 13.5. The van der Waals surface area contributed by atoms with Crippen LogP contribution in [0.4, 0.5) is 0 Å². The quantitative estimate of drug-likeness (QED) is 0.308. The van der Waals surface area contributed by atoms with E-state index in [0.717, 1.165) is 67.8 Å². The molecule has 0 aliphatic carbocycles. The van der Waals surface area contributed by atoms with Crippen molar-refractivity contribution in [2.75, 3.05) is 35.0 Å². The molecule has 0 radical (unpaired) electrons. The number of nitrogens with two attached hydrogens (primary N) is 1. The van der Waals surface area contributed by atoms with E-state index in [2.05, 4.69) is 28.1 Å². The molecule has 2 N–H and O–H groups in total. The molecule has 3 aliphatic heterocycles. The minimum absolute atomic E-state index is 0.0832. The molecule has 200 valence electrons. The number of pyridine rings is 1. The molecule has 0 spiro atoms. The van der Waals surface area contributed by atoms with Crippen LogP contribution in [0.2, 0.25) is 5.02 Å². The third-order valence-corrected chi connectivity index (χ3v) is 13.8. The van der Waals surface area contributed by atoms with Crippen molar-refractivity contribution in [3.63, 3.8) is 0 Å². The van der Waals surface area contributed by atoms with Crippen LogP contribution in [-0.4, -0.2) is 67.7 Å². The van der Waals surface area contributed by atoms with E-state index < -0.39 is 19.8 Å². The summed E-state index contributed by atoms with van der Waals surface area (Å²) in [6, 6.07) is 16.5. The predicted molar refractivity (Wildman–Crippen MR) is 161 cm³/mol. The number of hydrogen-bond donors (Lipinski definition) is 1. The van der Waals surface area contributed by atoms with Crippen molar-refractivity contribution >= 4 is 54.1 Å². The topological polar surface area (TPSA) is 79.5 Å².